The quantitative estimate of drug-likeness (QED) is 0.746. The van der Waals surface area contributed by atoms with Gasteiger partial charge in [0.25, 0.3) is 0 Å². The van der Waals surface area contributed by atoms with E-state index in [1.807, 2.05) is 12.1 Å². The third-order valence-electron chi connectivity index (χ3n) is 4.23. The molecule has 126 valence electrons. The van der Waals surface area contributed by atoms with E-state index in [2.05, 4.69) is 21.2 Å². The van der Waals surface area contributed by atoms with Crippen LogP contribution in [-0.4, -0.2) is 23.3 Å². The van der Waals surface area contributed by atoms with E-state index in [1.54, 1.807) is 32.9 Å². The summed E-state index contributed by atoms with van der Waals surface area (Å²) in [6.07, 6.45) is 2.87. The van der Waals surface area contributed by atoms with Gasteiger partial charge in [0, 0.05) is 22.1 Å². The van der Waals surface area contributed by atoms with E-state index < -0.39 is 22.9 Å². The summed E-state index contributed by atoms with van der Waals surface area (Å²) in [6, 6.07) is 5.41. The molecule has 1 N–H and O–H groups in total. The first-order valence-corrected chi connectivity index (χ1v) is 8.50. The fraction of sp³-hybridized carbons (Fsp3) is 0.389. The lowest BCUT2D eigenvalue weighted by Gasteiger charge is -2.36. The van der Waals surface area contributed by atoms with E-state index in [0.29, 0.717) is 15.7 Å². The van der Waals surface area contributed by atoms with Crippen molar-refractivity contribution in [3.05, 3.63) is 40.4 Å². The Morgan fingerprint density at radius 1 is 1.33 bits per heavy atom. The van der Waals surface area contributed by atoms with Crippen molar-refractivity contribution in [1.82, 2.24) is 0 Å². The predicted molar refractivity (Wildman–Crippen MR) is 92.5 cm³/mol. The zero-order valence-corrected chi connectivity index (χ0v) is 15.3. The maximum atomic E-state index is 12.8. The van der Waals surface area contributed by atoms with Crippen molar-refractivity contribution in [3.63, 3.8) is 0 Å². The molecule has 2 aliphatic rings. The number of ether oxygens (including phenoxy) is 1. The van der Waals surface area contributed by atoms with Gasteiger partial charge in [0.15, 0.2) is 5.78 Å². The Balaban J connectivity index is 2.17. The molecular formula is C18H18BrNO4. The third-order valence-corrected chi connectivity index (χ3v) is 4.89. The van der Waals surface area contributed by atoms with Crippen LogP contribution in [0.25, 0.3) is 0 Å². The number of ketones is 1. The number of halogens is 1. The smallest absolute Gasteiger partial charge is 0.311 e. The van der Waals surface area contributed by atoms with Crippen LogP contribution in [0.4, 0.5) is 5.69 Å². The average Bonchev–Trinajstić information content (AvgIpc) is 2.74. The summed E-state index contributed by atoms with van der Waals surface area (Å²) in [5.74, 6) is -1.94. The van der Waals surface area contributed by atoms with Gasteiger partial charge in [-0.25, -0.2) is 0 Å². The number of anilines is 1. The van der Waals surface area contributed by atoms with Crippen molar-refractivity contribution >= 4 is 39.3 Å². The summed E-state index contributed by atoms with van der Waals surface area (Å²) < 4.78 is 6.21. The van der Waals surface area contributed by atoms with Gasteiger partial charge in [0.2, 0.25) is 5.91 Å². The zero-order chi connectivity index (χ0) is 17.7. The van der Waals surface area contributed by atoms with Gasteiger partial charge in [-0.3, -0.25) is 14.4 Å². The van der Waals surface area contributed by atoms with E-state index in [0.717, 1.165) is 0 Å². The van der Waals surface area contributed by atoms with Crippen LogP contribution in [-0.2, 0) is 24.5 Å². The van der Waals surface area contributed by atoms with Gasteiger partial charge in [-0.05, 0) is 39.0 Å². The van der Waals surface area contributed by atoms with Crippen LogP contribution in [0.5, 0.6) is 0 Å². The lowest BCUT2D eigenvalue weighted by molar-refractivity contribution is -0.164. The number of amides is 1. The Kier molecular flexibility index (Phi) is 3.91. The number of fused-ring (bicyclic) bond motifs is 2. The summed E-state index contributed by atoms with van der Waals surface area (Å²) in [7, 11) is 0. The number of carbonyl (C=O) groups is 3. The molecule has 0 unspecified atom stereocenters. The van der Waals surface area contributed by atoms with Gasteiger partial charge in [-0.15, -0.1) is 0 Å². The van der Waals surface area contributed by atoms with E-state index in [9.17, 15) is 14.4 Å². The molecule has 0 bridgehead atoms. The topological polar surface area (TPSA) is 72.5 Å². The van der Waals surface area contributed by atoms with Crippen molar-refractivity contribution in [2.75, 3.05) is 5.32 Å². The molecule has 0 saturated carbocycles. The van der Waals surface area contributed by atoms with E-state index in [1.165, 1.54) is 6.08 Å². The molecule has 6 heteroatoms. The molecule has 1 aromatic carbocycles. The normalized spacial score (nSPS) is 25.6. The molecule has 24 heavy (non-hydrogen) atoms. The number of hydrogen-bond acceptors (Lipinski definition) is 4. The standard InChI is InChI=1S/C18H18BrNO4/c1-17(2,3)24-15(22)11-9-10(21)7-8-18(11)14-12(19)5-4-6-13(14)20-16(18)23/h4-8,11H,9H2,1-3H3,(H,20,23)/t11-,18-/m0/s1. The summed E-state index contributed by atoms with van der Waals surface area (Å²) in [5.41, 5.74) is -0.614. The number of benzene rings is 1. The predicted octanol–water partition coefficient (Wildman–Crippen LogP) is 3.13. The third kappa shape index (κ3) is 2.59. The number of rotatable bonds is 1. The van der Waals surface area contributed by atoms with E-state index in [4.69, 9.17) is 4.74 Å². The van der Waals surface area contributed by atoms with Crippen LogP contribution in [0.3, 0.4) is 0 Å². The maximum Gasteiger partial charge on any atom is 0.311 e. The minimum atomic E-state index is -1.23. The van der Waals surface area contributed by atoms with Crippen LogP contribution >= 0.6 is 15.9 Å². The molecule has 1 aliphatic heterocycles. The van der Waals surface area contributed by atoms with E-state index >= 15 is 0 Å². The average molecular weight is 392 g/mol. The van der Waals surface area contributed by atoms with Crippen LogP contribution in [0.1, 0.15) is 32.8 Å². The first kappa shape index (κ1) is 16.9. The lowest BCUT2D eigenvalue weighted by atomic mass is 9.66. The summed E-state index contributed by atoms with van der Waals surface area (Å²) in [6.45, 7) is 5.28. The summed E-state index contributed by atoms with van der Waals surface area (Å²) >= 11 is 3.48. The first-order valence-electron chi connectivity index (χ1n) is 7.70. The summed E-state index contributed by atoms with van der Waals surface area (Å²) in [4.78, 5) is 37.6. The molecule has 0 saturated heterocycles. The molecule has 1 aliphatic carbocycles. The molecule has 0 radical (unpaired) electrons. The number of hydrogen-bond donors (Lipinski definition) is 1. The van der Waals surface area contributed by atoms with Crippen molar-refractivity contribution in [1.29, 1.82) is 0 Å². The Labute approximate surface area is 148 Å². The van der Waals surface area contributed by atoms with Crippen LogP contribution < -0.4 is 5.32 Å². The second-order valence-corrected chi connectivity index (χ2v) is 7.93. The van der Waals surface area contributed by atoms with Crippen LogP contribution in [0, 0.1) is 5.92 Å². The van der Waals surface area contributed by atoms with Crippen molar-refractivity contribution < 1.29 is 19.1 Å². The van der Waals surface area contributed by atoms with Gasteiger partial charge in [-0.1, -0.05) is 28.1 Å². The lowest BCUT2D eigenvalue weighted by Crippen LogP contribution is -2.48. The fourth-order valence-electron chi connectivity index (χ4n) is 3.29. The Bertz CT molecular complexity index is 778. The van der Waals surface area contributed by atoms with Crippen LogP contribution in [0.2, 0.25) is 0 Å². The van der Waals surface area contributed by atoms with Crippen LogP contribution in [0.15, 0.2) is 34.8 Å². The number of carbonyl (C=O) groups excluding carboxylic acids is 3. The molecule has 3 rings (SSSR count). The summed E-state index contributed by atoms with van der Waals surface area (Å²) in [5, 5.41) is 2.82. The van der Waals surface area contributed by atoms with Gasteiger partial charge >= 0.3 is 5.97 Å². The highest BCUT2D eigenvalue weighted by molar-refractivity contribution is 9.10. The van der Waals surface area contributed by atoms with Gasteiger partial charge in [0.1, 0.15) is 11.0 Å². The second-order valence-electron chi connectivity index (χ2n) is 7.08. The van der Waals surface area contributed by atoms with Crippen molar-refractivity contribution in [2.45, 2.75) is 38.2 Å². The molecular weight excluding hydrogens is 374 g/mol. The highest BCUT2D eigenvalue weighted by Crippen LogP contribution is 2.50. The largest absolute Gasteiger partial charge is 0.460 e. The monoisotopic (exact) mass is 391 g/mol. The van der Waals surface area contributed by atoms with Gasteiger partial charge in [0.05, 0.1) is 5.92 Å². The molecule has 1 aromatic rings. The number of esters is 1. The van der Waals surface area contributed by atoms with E-state index in [-0.39, 0.29) is 18.1 Å². The zero-order valence-electron chi connectivity index (χ0n) is 13.7. The van der Waals surface area contributed by atoms with Crippen molar-refractivity contribution in [2.24, 2.45) is 5.92 Å². The Morgan fingerprint density at radius 3 is 2.71 bits per heavy atom. The number of allylic oxidation sites excluding steroid dienone is 1. The molecule has 1 heterocycles. The van der Waals surface area contributed by atoms with Crippen molar-refractivity contribution in [3.8, 4) is 0 Å². The Hall–Kier alpha value is -1.95. The molecule has 5 nitrogen and oxygen atoms in total. The fourth-order valence-corrected chi connectivity index (χ4v) is 3.99. The second kappa shape index (κ2) is 5.55. The van der Waals surface area contributed by atoms with Gasteiger partial charge < -0.3 is 10.1 Å². The molecule has 1 amide bonds. The minimum absolute atomic E-state index is 0.0559. The molecule has 2 atom stereocenters. The highest BCUT2D eigenvalue weighted by atomic mass is 79.9. The number of nitrogens with one attached hydrogen (secondary N) is 1. The SMILES string of the molecule is CC(C)(C)OC(=O)[C@@H]1CC(=O)C=C[C@]12C(=O)Nc1cccc(Br)c12. The molecule has 0 aromatic heterocycles. The minimum Gasteiger partial charge on any atom is -0.460 e. The molecule has 1 spiro atoms. The Morgan fingerprint density at radius 2 is 2.04 bits per heavy atom. The highest BCUT2D eigenvalue weighted by Gasteiger charge is 2.57. The maximum absolute atomic E-state index is 12.8. The molecule has 0 fully saturated rings. The van der Waals surface area contributed by atoms with Gasteiger partial charge in [-0.2, -0.15) is 0 Å². The first-order chi connectivity index (χ1) is 11.1.